The number of carboxylic acid groups (broad SMARTS) is 1. The lowest BCUT2D eigenvalue weighted by Gasteiger charge is -2.26. The quantitative estimate of drug-likeness (QED) is 0.854. The third kappa shape index (κ3) is 3.23. The fourth-order valence-corrected chi connectivity index (χ4v) is 2.77. The van der Waals surface area contributed by atoms with Crippen molar-refractivity contribution in [2.75, 3.05) is 0 Å². The Bertz CT molecular complexity index is 611. The Balaban J connectivity index is 2.63. The van der Waals surface area contributed by atoms with Crippen molar-refractivity contribution in [3.8, 4) is 0 Å². The summed E-state index contributed by atoms with van der Waals surface area (Å²) in [4.78, 5) is 15.3. The van der Waals surface area contributed by atoms with Crippen molar-refractivity contribution in [3.63, 3.8) is 0 Å². The zero-order valence-corrected chi connectivity index (χ0v) is 12.4. The molecule has 0 aliphatic rings. The number of hydrogen-bond donors (Lipinski definition) is 1. The van der Waals surface area contributed by atoms with Crippen molar-refractivity contribution >= 4 is 40.8 Å². The standard InChI is InChI=1S/C14H10Cl3NO2/c15-14(16,17)12(9-4-3-7-18-8-9)10-5-1-2-6-11(10)13(19)20/h1-8,12H,(H,19,20). The Hall–Kier alpha value is -1.29. The van der Waals surface area contributed by atoms with Crippen molar-refractivity contribution in [3.05, 3.63) is 65.5 Å². The number of benzene rings is 1. The molecule has 0 amide bonds. The molecule has 0 bridgehead atoms. The van der Waals surface area contributed by atoms with Crippen LogP contribution in [0.4, 0.5) is 0 Å². The first-order valence-corrected chi connectivity index (χ1v) is 6.83. The third-order valence-electron chi connectivity index (χ3n) is 2.85. The molecule has 1 heterocycles. The van der Waals surface area contributed by atoms with E-state index in [4.69, 9.17) is 34.8 Å². The fourth-order valence-electron chi connectivity index (χ4n) is 2.04. The molecule has 20 heavy (non-hydrogen) atoms. The molecule has 0 aliphatic heterocycles. The largest absolute Gasteiger partial charge is 0.478 e. The Morgan fingerprint density at radius 3 is 2.40 bits per heavy atom. The van der Waals surface area contributed by atoms with Crippen LogP contribution in [0.2, 0.25) is 0 Å². The van der Waals surface area contributed by atoms with Crippen LogP contribution in [-0.2, 0) is 0 Å². The molecule has 1 atom stereocenters. The van der Waals surface area contributed by atoms with Gasteiger partial charge in [0.25, 0.3) is 0 Å². The van der Waals surface area contributed by atoms with Gasteiger partial charge in [0.2, 0.25) is 3.79 Å². The van der Waals surface area contributed by atoms with Gasteiger partial charge in [0, 0.05) is 12.4 Å². The molecule has 0 saturated carbocycles. The molecule has 2 aromatic rings. The number of nitrogens with zero attached hydrogens (tertiary/aromatic N) is 1. The molecule has 3 nitrogen and oxygen atoms in total. The van der Waals surface area contributed by atoms with Gasteiger partial charge in [-0.15, -0.1) is 0 Å². The molecule has 0 radical (unpaired) electrons. The Morgan fingerprint density at radius 2 is 1.85 bits per heavy atom. The summed E-state index contributed by atoms with van der Waals surface area (Å²) >= 11 is 18.2. The molecular weight excluding hydrogens is 321 g/mol. The number of hydrogen-bond acceptors (Lipinski definition) is 2. The molecule has 0 spiro atoms. The van der Waals surface area contributed by atoms with Gasteiger partial charge < -0.3 is 5.11 Å². The van der Waals surface area contributed by atoms with Crippen LogP contribution < -0.4 is 0 Å². The molecule has 1 unspecified atom stereocenters. The lowest BCUT2D eigenvalue weighted by Crippen LogP contribution is -2.21. The maximum absolute atomic E-state index is 11.3. The predicted octanol–water partition coefficient (Wildman–Crippen LogP) is 4.28. The number of carboxylic acids is 1. The second-order valence-corrected chi connectivity index (χ2v) is 6.52. The zero-order valence-electron chi connectivity index (χ0n) is 10.1. The van der Waals surface area contributed by atoms with E-state index in [1.807, 2.05) is 0 Å². The molecule has 1 N–H and O–H groups in total. The van der Waals surface area contributed by atoms with Gasteiger partial charge in [-0.1, -0.05) is 59.1 Å². The van der Waals surface area contributed by atoms with Gasteiger partial charge in [-0.2, -0.15) is 0 Å². The monoisotopic (exact) mass is 329 g/mol. The van der Waals surface area contributed by atoms with E-state index >= 15 is 0 Å². The average molecular weight is 331 g/mol. The van der Waals surface area contributed by atoms with Crippen molar-refractivity contribution in [1.29, 1.82) is 0 Å². The van der Waals surface area contributed by atoms with E-state index in [0.29, 0.717) is 11.1 Å². The third-order valence-corrected chi connectivity index (χ3v) is 3.50. The summed E-state index contributed by atoms with van der Waals surface area (Å²) in [6.45, 7) is 0. The van der Waals surface area contributed by atoms with Crippen LogP contribution >= 0.6 is 34.8 Å². The van der Waals surface area contributed by atoms with Crippen molar-refractivity contribution < 1.29 is 9.90 Å². The van der Waals surface area contributed by atoms with E-state index in [1.165, 1.54) is 6.07 Å². The smallest absolute Gasteiger partial charge is 0.335 e. The summed E-state index contributed by atoms with van der Waals surface area (Å²) in [6, 6.07) is 9.92. The van der Waals surface area contributed by atoms with Crippen LogP contribution in [0.5, 0.6) is 0 Å². The van der Waals surface area contributed by atoms with E-state index in [-0.39, 0.29) is 5.56 Å². The lowest BCUT2D eigenvalue weighted by molar-refractivity contribution is 0.0695. The Kier molecular flexibility index (Phi) is 4.53. The highest BCUT2D eigenvalue weighted by molar-refractivity contribution is 6.68. The van der Waals surface area contributed by atoms with Crippen LogP contribution in [0, 0.1) is 0 Å². The van der Waals surface area contributed by atoms with Gasteiger partial charge in [0.05, 0.1) is 11.5 Å². The van der Waals surface area contributed by atoms with Crippen molar-refractivity contribution in [2.45, 2.75) is 9.71 Å². The highest BCUT2D eigenvalue weighted by Crippen LogP contribution is 2.46. The van der Waals surface area contributed by atoms with Gasteiger partial charge in [-0.25, -0.2) is 4.79 Å². The summed E-state index contributed by atoms with van der Waals surface area (Å²) in [7, 11) is 0. The maximum Gasteiger partial charge on any atom is 0.335 e. The molecular formula is C14H10Cl3NO2. The zero-order chi connectivity index (χ0) is 14.8. The van der Waals surface area contributed by atoms with Crippen LogP contribution in [-0.4, -0.2) is 19.9 Å². The topological polar surface area (TPSA) is 50.2 Å². The minimum Gasteiger partial charge on any atom is -0.478 e. The minimum absolute atomic E-state index is 0.104. The molecule has 1 aromatic carbocycles. The SMILES string of the molecule is O=C(O)c1ccccc1C(c1cccnc1)C(Cl)(Cl)Cl. The van der Waals surface area contributed by atoms with E-state index in [1.54, 1.807) is 42.7 Å². The Morgan fingerprint density at radius 1 is 1.15 bits per heavy atom. The number of rotatable bonds is 3. The first kappa shape index (κ1) is 15.1. The first-order chi connectivity index (χ1) is 9.41. The van der Waals surface area contributed by atoms with Crippen molar-refractivity contribution in [1.82, 2.24) is 4.98 Å². The number of alkyl halides is 3. The number of pyridine rings is 1. The highest BCUT2D eigenvalue weighted by atomic mass is 35.6. The number of aromatic carboxylic acids is 1. The Labute approximate surface area is 131 Å². The highest BCUT2D eigenvalue weighted by Gasteiger charge is 2.37. The van der Waals surface area contributed by atoms with Gasteiger partial charge in [0.1, 0.15) is 0 Å². The summed E-state index contributed by atoms with van der Waals surface area (Å²) < 4.78 is -1.69. The molecule has 6 heteroatoms. The first-order valence-electron chi connectivity index (χ1n) is 5.70. The second-order valence-electron chi connectivity index (χ2n) is 4.15. The summed E-state index contributed by atoms with van der Waals surface area (Å²) in [5, 5.41) is 9.28. The molecule has 0 fully saturated rings. The van der Waals surface area contributed by atoms with Gasteiger partial charge in [0.15, 0.2) is 0 Å². The minimum atomic E-state index is -1.69. The number of halogens is 3. The molecule has 0 saturated heterocycles. The molecule has 104 valence electrons. The number of aromatic nitrogens is 1. The van der Waals surface area contributed by atoms with Crippen molar-refractivity contribution in [2.24, 2.45) is 0 Å². The maximum atomic E-state index is 11.3. The lowest BCUT2D eigenvalue weighted by atomic mass is 9.90. The van der Waals surface area contributed by atoms with Gasteiger partial charge in [-0.3, -0.25) is 4.98 Å². The summed E-state index contributed by atoms with van der Waals surface area (Å²) in [6.07, 6.45) is 3.16. The second kappa shape index (κ2) is 6.00. The normalized spacial score (nSPS) is 12.9. The van der Waals surface area contributed by atoms with E-state index in [0.717, 1.165) is 0 Å². The van der Waals surface area contributed by atoms with Crippen LogP contribution in [0.3, 0.4) is 0 Å². The fraction of sp³-hybridized carbons (Fsp3) is 0.143. The summed E-state index contributed by atoms with van der Waals surface area (Å²) in [5.41, 5.74) is 1.18. The summed E-state index contributed by atoms with van der Waals surface area (Å²) in [5.74, 6) is -1.78. The van der Waals surface area contributed by atoms with Crippen LogP contribution in [0.15, 0.2) is 48.8 Å². The van der Waals surface area contributed by atoms with Gasteiger partial charge >= 0.3 is 5.97 Å². The van der Waals surface area contributed by atoms with Crippen LogP contribution in [0.1, 0.15) is 27.4 Å². The van der Waals surface area contributed by atoms with Crippen LogP contribution in [0.25, 0.3) is 0 Å². The van der Waals surface area contributed by atoms with E-state index in [2.05, 4.69) is 4.98 Å². The predicted molar refractivity (Wildman–Crippen MR) is 79.8 cm³/mol. The molecule has 2 rings (SSSR count). The average Bonchev–Trinajstić information content (AvgIpc) is 2.39. The number of carbonyl (C=O) groups is 1. The molecule has 1 aromatic heterocycles. The van der Waals surface area contributed by atoms with E-state index < -0.39 is 15.7 Å². The molecule has 0 aliphatic carbocycles. The van der Waals surface area contributed by atoms with Gasteiger partial charge in [-0.05, 0) is 23.3 Å². The van der Waals surface area contributed by atoms with E-state index in [9.17, 15) is 9.90 Å².